The van der Waals surface area contributed by atoms with Crippen molar-refractivity contribution in [1.82, 2.24) is 20.3 Å². The fraction of sp³-hybridized carbons (Fsp3) is 0.486. The number of amides is 1. The molecule has 0 heterocycles. The summed E-state index contributed by atoms with van der Waals surface area (Å²) < 4.78 is 29.1. The Morgan fingerprint density at radius 1 is 1.00 bits per heavy atom. The van der Waals surface area contributed by atoms with E-state index in [2.05, 4.69) is 36.7 Å². The van der Waals surface area contributed by atoms with Crippen LogP contribution >= 0.6 is 0 Å². The number of hydrogen-bond donors (Lipinski definition) is 5. The number of aliphatic hydroxyl groups is 1. The third-order valence-corrected chi connectivity index (χ3v) is 9.20. The quantitative estimate of drug-likeness (QED) is 0.105. The average Bonchev–Trinajstić information content (AvgIpc) is 3.81. The van der Waals surface area contributed by atoms with Crippen molar-refractivity contribution in [1.29, 1.82) is 0 Å². The summed E-state index contributed by atoms with van der Waals surface area (Å²) in [6.07, 6.45) is 1.31. The molecule has 4 rings (SSSR count). The molecule has 3 aromatic carbocycles. The number of aryl methyl sites for hydroxylation is 1. The second-order valence-electron chi connectivity index (χ2n) is 13.5. The molecule has 1 unspecified atom stereocenters. The Bertz CT molecular complexity index is 1430. The normalized spacial score (nSPS) is 15.6. The van der Waals surface area contributed by atoms with Gasteiger partial charge in [0.15, 0.2) is 0 Å². The molecule has 8 nitrogen and oxygen atoms in total. The Labute approximate surface area is 283 Å². The highest BCUT2D eigenvalue weighted by atomic mass is 32.2. The third kappa shape index (κ3) is 12.8. The van der Waals surface area contributed by atoms with Crippen LogP contribution in [0.2, 0.25) is 0 Å². The lowest BCUT2D eigenvalue weighted by atomic mass is 10.0. The maximum atomic E-state index is 13.7. The van der Waals surface area contributed by atoms with Crippen molar-refractivity contribution in [2.45, 2.75) is 83.4 Å². The number of carbonyl (C=O) groups excluding carboxylic acids is 1. The van der Waals surface area contributed by atoms with Crippen LogP contribution in [0.5, 0.6) is 0 Å². The van der Waals surface area contributed by atoms with Crippen LogP contribution in [0.3, 0.4) is 0 Å². The lowest BCUT2D eigenvalue weighted by molar-refractivity contribution is -0.120. The lowest BCUT2D eigenvalue weighted by Crippen LogP contribution is -2.52. The van der Waals surface area contributed by atoms with Gasteiger partial charge < -0.3 is 16.2 Å². The van der Waals surface area contributed by atoms with E-state index in [9.17, 15) is 18.5 Å². The van der Waals surface area contributed by atoms with Crippen molar-refractivity contribution in [2.75, 3.05) is 32.0 Å². The molecule has 3 atom stereocenters. The molecular weight excluding hydrogens is 614 g/mol. The SMILES string of the molecule is CC(C)C.Cc1ccc(S(=O)N(CC(C)C)C[C@@H](O)[C@H](Cc2ccccc2)NCNC(=O)CNC2(c3cccc(F)c3)CC2)cc1N. The predicted molar refractivity (Wildman–Crippen MR) is 190 cm³/mol. The van der Waals surface area contributed by atoms with Crippen molar-refractivity contribution >= 4 is 22.6 Å². The van der Waals surface area contributed by atoms with Gasteiger partial charge in [-0.15, -0.1) is 0 Å². The molecule has 1 amide bonds. The van der Waals surface area contributed by atoms with E-state index in [0.29, 0.717) is 23.5 Å². The highest BCUT2D eigenvalue weighted by Gasteiger charge is 2.44. The summed E-state index contributed by atoms with van der Waals surface area (Å²) in [7, 11) is -1.52. The zero-order valence-corrected chi connectivity index (χ0v) is 29.6. The third-order valence-electron chi connectivity index (χ3n) is 7.77. The van der Waals surface area contributed by atoms with Gasteiger partial charge in [0, 0.05) is 30.4 Å². The van der Waals surface area contributed by atoms with E-state index in [-0.39, 0.29) is 42.9 Å². The molecule has 258 valence electrons. The summed E-state index contributed by atoms with van der Waals surface area (Å²) in [4.78, 5) is 13.3. The number of rotatable bonds is 16. The van der Waals surface area contributed by atoms with E-state index in [1.54, 1.807) is 16.4 Å². The highest BCUT2D eigenvalue weighted by Crippen LogP contribution is 2.45. The standard InChI is InChI=1S/C33H44FN5O3S.C4H10/c1-23(2)20-39(43(42)28-13-12-24(3)29(35)18-28)21-31(40)30(16-25-8-5-4-6-9-25)36-22-37-32(41)19-38-33(14-15-33)26-10-7-11-27(34)17-26;1-4(2)3/h4-13,17-18,23,30-31,36,38,40H,14-16,19-22,35H2,1-3H3,(H,37,41);4H,1-3H3/t30-,31+,43?;/m0./s1. The second kappa shape index (κ2) is 18.4. The van der Waals surface area contributed by atoms with Crippen LogP contribution in [-0.4, -0.2) is 58.0 Å². The minimum atomic E-state index is -1.52. The van der Waals surface area contributed by atoms with Gasteiger partial charge in [-0.2, -0.15) is 0 Å². The molecule has 0 saturated heterocycles. The van der Waals surface area contributed by atoms with Gasteiger partial charge >= 0.3 is 0 Å². The first kappa shape index (κ1) is 38.3. The second-order valence-corrected chi connectivity index (χ2v) is 15.0. The van der Waals surface area contributed by atoms with Gasteiger partial charge in [-0.1, -0.05) is 83.1 Å². The zero-order valence-electron chi connectivity index (χ0n) is 28.8. The summed E-state index contributed by atoms with van der Waals surface area (Å²) in [5.41, 5.74) is 9.10. The van der Waals surface area contributed by atoms with E-state index in [0.717, 1.165) is 35.4 Å². The molecule has 47 heavy (non-hydrogen) atoms. The van der Waals surface area contributed by atoms with Gasteiger partial charge in [-0.05, 0) is 79.0 Å². The summed E-state index contributed by atoms with van der Waals surface area (Å²) >= 11 is 0. The molecule has 1 aliphatic rings. The van der Waals surface area contributed by atoms with Gasteiger partial charge in [-0.3, -0.25) is 15.4 Å². The van der Waals surface area contributed by atoms with Crippen LogP contribution in [0.4, 0.5) is 10.1 Å². The molecule has 0 radical (unpaired) electrons. The molecule has 1 aliphatic carbocycles. The molecule has 0 aliphatic heterocycles. The molecule has 0 spiro atoms. The molecular formula is C37H54FN5O3S. The highest BCUT2D eigenvalue weighted by molar-refractivity contribution is 7.82. The maximum absolute atomic E-state index is 13.7. The summed E-state index contributed by atoms with van der Waals surface area (Å²) in [6.45, 7) is 13.4. The van der Waals surface area contributed by atoms with Crippen LogP contribution in [0.15, 0.2) is 77.7 Å². The number of benzene rings is 3. The van der Waals surface area contributed by atoms with E-state index in [1.807, 2.05) is 69.3 Å². The number of nitrogens with one attached hydrogen (secondary N) is 3. The number of anilines is 1. The largest absolute Gasteiger partial charge is 0.398 e. The Morgan fingerprint density at radius 3 is 2.28 bits per heavy atom. The number of carbonyl (C=O) groups is 1. The molecule has 6 N–H and O–H groups in total. The van der Waals surface area contributed by atoms with Gasteiger partial charge in [0.2, 0.25) is 5.91 Å². The molecule has 0 bridgehead atoms. The summed E-state index contributed by atoms with van der Waals surface area (Å²) in [5.74, 6) is 0.553. The number of nitrogens with two attached hydrogens (primary N) is 1. The van der Waals surface area contributed by atoms with Crippen molar-refractivity contribution in [3.63, 3.8) is 0 Å². The van der Waals surface area contributed by atoms with Crippen molar-refractivity contribution in [3.05, 3.63) is 95.3 Å². The van der Waals surface area contributed by atoms with Crippen molar-refractivity contribution in [3.8, 4) is 0 Å². The lowest BCUT2D eigenvalue weighted by Gasteiger charge is -2.30. The Morgan fingerprint density at radius 2 is 1.68 bits per heavy atom. The number of halogens is 1. The molecule has 1 fully saturated rings. The predicted octanol–water partition coefficient (Wildman–Crippen LogP) is 5.27. The minimum Gasteiger partial charge on any atom is -0.398 e. The maximum Gasteiger partial charge on any atom is 0.234 e. The van der Waals surface area contributed by atoms with Gasteiger partial charge in [0.1, 0.15) is 16.8 Å². The van der Waals surface area contributed by atoms with Crippen LogP contribution in [0, 0.1) is 24.6 Å². The number of hydrogen-bond acceptors (Lipinski definition) is 6. The fourth-order valence-corrected chi connectivity index (χ4v) is 6.54. The Hall–Kier alpha value is -3.15. The first-order valence-electron chi connectivity index (χ1n) is 16.6. The fourth-order valence-electron chi connectivity index (χ4n) is 5.11. The van der Waals surface area contributed by atoms with Gasteiger partial charge in [0.05, 0.1) is 24.2 Å². The van der Waals surface area contributed by atoms with Crippen LogP contribution in [-0.2, 0) is 27.7 Å². The van der Waals surface area contributed by atoms with E-state index in [1.165, 1.54) is 12.1 Å². The smallest absolute Gasteiger partial charge is 0.234 e. The first-order chi connectivity index (χ1) is 22.3. The van der Waals surface area contributed by atoms with Crippen LogP contribution in [0.25, 0.3) is 0 Å². The minimum absolute atomic E-state index is 0.0882. The Kier molecular flexibility index (Phi) is 15.0. The first-order valence-corrected chi connectivity index (χ1v) is 17.7. The monoisotopic (exact) mass is 667 g/mol. The van der Waals surface area contributed by atoms with Crippen molar-refractivity contribution < 1.29 is 18.5 Å². The van der Waals surface area contributed by atoms with Gasteiger partial charge in [0.25, 0.3) is 0 Å². The van der Waals surface area contributed by atoms with Crippen LogP contribution in [0.1, 0.15) is 64.2 Å². The molecule has 1 saturated carbocycles. The summed E-state index contributed by atoms with van der Waals surface area (Å²) in [5, 5.41) is 20.9. The van der Waals surface area contributed by atoms with E-state index in [4.69, 9.17) is 5.73 Å². The van der Waals surface area contributed by atoms with E-state index >= 15 is 0 Å². The number of nitrogen functional groups attached to an aromatic ring is 1. The van der Waals surface area contributed by atoms with Crippen molar-refractivity contribution in [2.24, 2.45) is 11.8 Å². The van der Waals surface area contributed by atoms with Gasteiger partial charge in [-0.25, -0.2) is 12.9 Å². The molecule has 0 aromatic heterocycles. The number of aliphatic hydroxyl groups excluding tert-OH is 1. The van der Waals surface area contributed by atoms with Crippen LogP contribution < -0.4 is 21.7 Å². The number of nitrogens with zero attached hydrogens (tertiary/aromatic N) is 1. The topological polar surface area (TPSA) is 120 Å². The molecule has 10 heteroatoms. The molecule has 3 aromatic rings. The summed E-state index contributed by atoms with van der Waals surface area (Å²) in [6, 6.07) is 21.3. The average molecular weight is 668 g/mol. The zero-order chi connectivity index (χ0) is 34.6. The van der Waals surface area contributed by atoms with E-state index < -0.39 is 23.1 Å². The Balaban J connectivity index is 0.00000142.